The molecule has 1 aliphatic rings. The maximum Gasteiger partial charge on any atom is 0.0517 e. The molecule has 0 saturated heterocycles. The van der Waals surface area contributed by atoms with E-state index in [2.05, 4.69) is 75.5 Å². The molecule has 0 spiro atoms. The van der Waals surface area contributed by atoms with Crippen LogP contribution >= 0.6 is 0 Å². The molecule has 110 valence electrons. The predicted molar refractivity (Wildman–Crippen MR) is 91.0 cm³/mol. The second-order valence-corrected chi connectivity index (χ2v) is 7.08. The van der Waals surface area contributed by atoms with Crippen LogP contribution in [-0.4, -0.2) is 0 Å². The largest absolute Gasteiger partial charge is 0.378 e. The van der Waals surface area contributed by atoms with Crippen molar-refractivity contribution in [1.82, 2.24) is 0 Å². The zero-order valence-corrected chi connectivity index (χ0v) is 13.5. The third kappa shape index (κ3) is 2.83. The number of hydrogen-bond donors (Lipinski definition) is 1. The van der Waals surface area contributed by atoms with Crippen LogP contribution in [0, 0.1) is 13.8 Å². The van der Waals surface area contributed by atoms with Crippen molar-refractivity contribution in [1.29, 1.82) is 0 Å². The molecule has 2 aromatic rings. The van der Waals surface area contributed by atoms with E-state index in [0.717, 1.165) is 0 Å². The highest BCUT2D eigenvalue weighted by molar-refractivity contribution is 5.52. The molecule has 0 bridgehead atoms. The van der Waals surface area contributed by atoms with Crippen LogP contribution in [0.5, 0.6) is 0 Å². The SMILES string of the molecule is Cc1cc(C)cc(NC2CCC(C)(C)c3ccccc32)c1. The van der Waals surface area contributed by atoms with Gasteiger partial charge in [-0.05, 0) is 66.5 Å². The molecule has 2 aromatic carbocycles. The van der Waals surface area contributed by atoms with Gasteiger partial charge in [0.2, 0.25) is 0 Å². The van der Waals surface area contributed by atoms with Crippen LogP contribution in [0.1, 0.15) is 55.0 Å². The van der Waals surface area contributed by atoms with Gasteiger partial charge in [-0.1, -0.05) is 44.2 Å². The Bertz CT molecular complexity index is 634. The zero-order chi connectivity index (χ0) is 15.0. The van der Waals surface area contributed by atoms with Crippen molar-refractivity contribution in [2.45, 2.75) is 52.0 Å². The molecule has 0 aliphatic heterocycles. The first-order valence-corrected chi connectivity index (χ1v) is 7.90. The highest BCUT2D eigenvalue weighted by Crippen LogP contribution is 2.42. The number of rotatable bonds is 2. The summed E-state index contributed by atoms with van der Waals surface area (Å²) in [6.45, 7) is 9.05. The van der Waals surface area contributed by atoms with Crippen molar-refractivity contribution in [3.8, 4) is 0 Å². The summed E-state index contributed by atoms with van der Waals surface area (Å²) in [6.07, 6.45) is 2.42. The van der Waals surface area contributed by atoms with E-state index in [9.17, 15) is 0 Å². The van der Waals surface area contributed by atoms with E-state index < -0.39 is 0 Å². The van der Waals surface area contributed by atoms with Gasteiger partial charge in [-0.3, -0.25) is 0 Å². The monoisotopic (exact) mass is 279 g/mol. The van der Waals surface area contributed by atoms with Gasteiger partial charge in [-0.2, -0.15) is 0 Å². The molecule has 0 fully saturated rings. The van der Waals surface area contributed by atoms with Gasteiger partial charge in [0.1, 0.15) is 0 Å². The Morgan fingerprint density at radius 1 is 1.00 bits per heavy atom. The predicted octanol–water partition coefficient (Wildman–Crippen LogP) is 5.53. The molecule has 0 aromatic heterocycles. The second-order valence-electron chi connectivity index (χ2n) is 7.08. The fourth-order valence-electron chi connectivity index (χ4n) is 3.62. The highest BCUT2D eigenvalue weighted by atomic mass is 14.9. The fourth-order valence-corrected chi connectivity index (χ4v) is 3.62. The van der Waals surface area contributed by atoms with Crippen LogP contribution < -0.4 is 5.32 Å². The van der Waals surface area contributed by atoms with Gasteiger partial charge in [0.15, 0.2) is 0 Å². The van der Waals surface area contributed by atoms with E-state index in [1.807, 2.05) is 0 Å². The summed E-state index contributed by atoms with van der Waals surface area (Å²) in [5, 5.41) is 3.76. The van der Waals surface area contributed by atoms with Crippen LogP contribution in [0.25, 0.3) is 0 Å². The third-order valence-electron chi connectivity index (χ3n) is 4.69. The van der Waals surface area contributed by atoms with Crippen molar-refractivity contribution in [2.24, 2.45) is 0 Å². The van der Waals surface area contributed by atoms with Gasteiger partial charge in [0.25, 0.3) is 0 Å². The number of anilines is 1. The smallest absolute Gasteiger partial charge is 0.0517 e. The number of hydrogen-bond acceptors (Lipinski definition) is 1. The number of aryl methyl sites for hydroxylation is 2. The molecule has 0 heterocycles. The average Bonchev–Trinajstić information content (AvgIpc) is 2.41. The molecule has 21 heavy (non-hydrogen) atoms. The summed E-state index contributed by atoms with van der Waals surface area (Å²) < 4.78 is 0. The Kier molecular flexibility index (Phi) is 3.52. The minimum Gasteiger partial charge on any atom is -0.378 e. The summed E-state index contributed by atoms with van der Waals surface area (Å²) in [5.41, 5.74) is 7.14. The molecule has 1 atom stereocenters. The lowest BCUT2D eigenvalue weighted by Crippen LogP contribution is -2.29. The van der Waals surface area contributed by atoms with Crippen molar-refractivity contribution in [3.63, 3.8) is 0 Å². The Hall–Kier alpha value is -1.76. The first-order chi connectivity index (χ1) is 9.95. The Morgan fingerprint density at radius 2 is 1.67 bits per heavy atom. The summed E-state index contributed by atoms with van der Waals surface area (Å²) in [5.74, 6) is 0. The second kappa shape index (κ2) is 5.22. The normalized spacial score (nSPS) is 19.9. The molecular weight excluding hydrogens is 254 g/mol. The molecule has 1 nitrogen and oxygen atoms in total. The molecule has 0 saturated carbocycles. The van der Waals surface area contributed by atoms with E-state index in [1.54, 1.807) is 0 Å². The molecular formula is C20H25N. The minimum atomic E-state index is 0.289. The van der Waals surface area contributed by atoms with E-state index >= 15 is 0 Å². The standard InChI is InChI=1S/C20H25N/c1-14-11-15(2)13-16(12-14)21-19-9-10-20(3,4)18-8-6-5-7-17(18)19/h5-8,11-13,19,21H,9-10H2,1-4H3. The van der Waals surface area contributed by atoms with Crippen molar-refractivity contribution in [2.75, 3.05) is 5.32 Å². The van der Waals surface area contributed by atoms with Crippen LogP contribution in [-0.2, 0) is 5.41 Å². The molecule has 3 rings (SSSR count). The van der Waals surface area contributed by atoms with Gasteiger partial charge in [0, 0.05) is 5.69 Å². The van der Waals surface area contributed by atoms with Crippen molar-refractivity contribution < 1.29 is 0 Å². The first kappa shape index (κ1) is 14.2. The van der Waals surface area contributed by atoms with Gasteiger partial charge in [-0.15, -0.1) is 0 Å². The van der Waals surface area contributed by atoms with E-state index in [0.29, 0.717) is 6.04 Å². The van der Waals surface area contributed by atoms with Crippen LogP contribution in [0.15, 0.2) is 42.5 Å². The van der Waals surface area contributed by atoms with Crippen molar-refractivity contribution >= 4 is 5.69 Å². The van der Waals surface area contributed by atoms with Gasteiger partial charge in [-0.25, -0.2) is 0 Å². The zero-order valence-electron chi connectivity index (χ0n) is 13.5. The van der Waals surface area contributed by atoms with E-state index in [4.69, 9.17) is 0 Å². The lowest BCUT2D eigenvalue weighted by molar-refractivity contribution is 0.406. The lowest BCUT2D eigenvalue weighted by atomic mass is 9.71. The number of benzene rings is 2. The van der Waals surface area contributed by atoms with Crippen LogP contribution in [0.4, 0.5) is 5.69 Å². The summed E-state index contributed by atoms with van der Waals surface area (Å²) in [7, 11) is 0. The van der Waals surface area contributed by atoms with Gasteiger partial charge in [0.05, 0.1) is 6.04 Å². The number of nitrogens with one attached hydrogen (secondary N) is 1. The number of fused-ring (bicyclic) bond motifs is 1. The van der Waals surface area contributed by atoms with E-state index in [-0.39, 0.29) is 5.41 Å². The lowest BCUT2D eigenvalue weighted by Gasteiger charge is -2.37. The summed E-state index contributed by atoms with van der Waals surface area (Å²) in [6, 6.07) is 16.1. The average molecular weight is 279 g/mol. The first-order valence-electron chi connectivity index (χ1n) is 7.90. The quantitative estimate of drug-likeness (QED) is 0.762. The summed E-state index contributed by atoms with van der Waals surface area (Å²) >= 11 is 0. The Labute approximate surface area is 128 Å². The van der Waals surface area contributed by atoms with Gasteiger partial charge < -0.3 is 5.32 Å². The Morgan fingerprint density at radius 3 is 2.38 bits per heavy atom. The van der Waals surface area contributed by atoms with Crippen LogP contribution in [0.2, 0.25) is 0 Å². The maximum absolute atomic E-state index is 3.76. The highest BCUT2D eigenvalue weighted by Gasteiger charge is 2.32. The van der Waals surface area contributed by atoms with E-state index in [1.165, 1.54) is 40.8 Å². The van der Waals surface area contributed by atoms with Crippen LogP contribution in [0.3, 0.4) is 0 Å². The maximum atomic E-state index is 3.76. The molecule has 0 radical (unpaired) electrons. The molecule has 1 unspecified atom stereocenters. The molecule has 1 aliphatic carbocycles. The molecule has 1 heteroatoms. The Balaban J connectivity index is 1.93. The topological polar surface area (TPSA) is 12.0 Å². The molecule has 0 amide bonds. The minimum absolute atomic E-state index is 0.289. The van der Waals surface area contributed by atoms with Gasteiger partial charge >= 0.3 is 0 Å². The third-order valence-corrected chi connectivity index (χ3v) is 4.69. The summed E-state index contributed by atoms with van der Waals surface area (Å²) in [4.78, 5) is 0. The van der Waals surface area contributed by atoms with Crippen molar-refractivity contribution in [3.05, 3.63) is 64.7 Å². The fraction of sp³-hybridized carbons (Fsp3) is 0.400. The molecule has 1 N–H and O–H groups in total.